The summed E-state index contributed by atoms with van der Waals surface area (Å²) in [6.07, 6.45) is 2.76. The van der Waals surface area contributed by atoms with Crippen LogP contribution in [0.3, 0.4) is 0 Å². The van der Waals surface area contributed by atoms with E-state index in [1.54, 1.807) is 7.11 Å². The van der Waals surface area contributed by atoms with Crippen molar-refractivity contribution >= 4 is 11.6 Å². The Kier molecular flexibility index (Phi) is 3.97. The van der Waals surface area contributed by atoms with Crippen molar-refractivity contribution < 1.29 is 9.53 Å². The van der Waals surface area contributed by atoms with Crippen LogP contribution >= 0.6 is 0 Å². The van der Waals surface area contributed by atoms with E-state index in [2.05, 4.69) is 10.5 Å². The van der Waals surface area contributed by atoms with Crippen LogP contribution in [0.2, 0.25) is 0 Å². The molecular formula is C14H18N2O2. The van der Waals surface area contributed by atoms with E-state index in [4.69, 9.17) is 4.74 Å². The second-order valence-electron chi connectivity index (χ2n) is 4.39. The SMILES string of the molecule is CCC(=NNC(=O)C1CC1)c1ccc(OC)cc1. The van der Waals surface area contributed by atoms with Crippen molar-refractivity contribution in [3.63, 3.8) is 0 Å². The second-order valence-corrected chi connectivity index (χ2v) is 4.39. The zero-order valence-electron chi connectivity index (χ0n) is 10.8. The van der Waals surface area contributed by atoms with Crippen LogP contribution in [0.1, 0.15) is 31.7 Å². The van der Waals surface area contributed by atoms with Crippen molar-refractivity contribution in [2.75, 3.05) is 7.11 Å². The lowest BCUT2D eigenvalue weighted by Gasteiger charge is -2.06. The van der Waals surface area contributed by atoms with Crippen LogP contribution in [0.25, 0.3) is 0 Å². The fourth-order valence-electron chi connectivity index (χ4n) is 1.69. The molecule has 18 heavy (non-hydrogen) atoms. The van der Waals surface area contributed by atoms with Gasteiger partial charge in [0.05, 0.1) is 12.8 Å². The van der Waals surface area contributed by atoms with E-state index in [-0.39, 0.29) is 11.8 Å². The molecule has 0 heterocycles. The number of carbonyl (C=O) groups is 1. The van der Waals surface area contributed by atoms with Crippen LogP contribution in [0.4, 0.5) is 0 Å². The second kappa shape index (κ2) is 5.67. The number of methoxy groups -OCH3 is 1. The maximum absolute atomic E-state index is 11.5. The van der Waals surface area contributed by atoms with Gasteiger partial charge < -0.3 is 4.74 Å². The fraction of sp³-hybridized carbons (Fsp3) is 0.429. The van der Waals surface area contributed by atoms with Gasteiger partial charge in [0.15, 0.2) is 0 Å². The van der Waals surface area contributed by atoms with Crippen molar-refractivity contribution in [3.05, 3.63) is 29.8 Å². The molecule has 0 aromatic heterocycles. The van der Waals surface area contributed by atoms with Crippen molar-refractivity contribution in [2.45, 2.75) is 26.2 Å². The van der Waals surface area contributed by atoms with Gasteiger partial charge in [0.1, 0.15) is 5.75 Å². The highest BCUT2D eigenvalue weighted by molar-refractivity contribution is 6.01. The minimum absolute atomic E-state index is 0.0365. The number of hydrogen-bond donors (Lipinski definition) is 1. The monoisotopic (exact) mass is 246 g/mol. The summed E-state index contributed by atoms with van der Waals surface area (Å²) >= 11 is 0. The average Bonchev–Trinajstić information content (AvgIpc) is 3.24. The Morgan fingerprint density at radius 3 is 2.56 bits per heavy atom. The number of benzene rings is 1. The van der Waals surface area contributed by atoms with E-state index in [1.807, 2.05) is 31.2 Å². The zero-order valence-corrected chi connectivity index (χ0v) is 10.8. The lowest BCUT2D eigenvalue weighted by molar-refractivity contribution is -0.122. The summed E-state index contributed by atoms with van der Waals surface area (Å²) in [4.78, 5) is 11.5. The van der Waals surface area contributed by atoms with Crippen LogP contribution in [-0.2, 0) is 4.79 Å². The molecule has 4 nitrogen and oxygen atoms in total. The number of carbonyl (C=O) groups excluding carboxylic acids is 1. The quantitative estimate of drug-likeness (QED) is 0.640. The molecule has 1 amide bonds. The topological polar surface area (TPSA) is 50.7 Å². The van der Waals surface area contributed by atoms with Gasteiger partial charge in [-0.1, -0.05) is 6.92 Å². The first-order chi connectivity index (χ1) is 8.74. The number of hydrogen-bond acceptors (Lipinski definition) is 3. The van der Waals surface area contributed by atoms with E-state index in [0.29, 0.717) is 0 Å². The summed E-state index contributed by atoms with van der Waals surface area (Å²) in [5, 5.41) is 4.21. The van der Waals surface area contributed by atoms with Crippen molar-refractivity contribution in [2.24, 2.45) is 11.0 Å². The summed E-state index contributed by atoms with van der Waals surface area (Å²) < 4.78 is 5.11. The van der Waals surface area contributed by atoms with E-state index in [1.165, 1.54) is 0 Å². The molecule has 1 aromatic carbocycles. The van der Waals surface area contributed by atoms with Crippen molar-refractivity contribution in [1.29, 1.82) is 0 Å². The molecule has 1 aromatic rings. The minimum atomic E-state index is 0.0365. The van der Waals surface area contributed by atoms with Gasteiger partial charge in [0.25, 0.3) is 0 Å². The normalized spacial score (nSPS) is 15.3. The summed E-state index contributed by atoms with van der Waals surface area (Å²) in [5.41, 5.74) is 4.53. The van der Waals surface area contributed by atoms with Crippen LogP contribution in [0.5, 0.6) is 5.75 Å². The molecule has 0 spiro atoms. The molecule has 0 radical (unpaired) electrons. The van der Waals surface area contributed by atoms with Gasteiger partial charge in [0, 0.05) is 5.92 Å². The van der Waals surface area contributed by atoms with Gasteiger partial charge in [-0.15, -0.1) is 0 Å². The van der Waals surface area contributed by atoms with E-state index >= 15 is 0 Å². The van der Waals surface area contributed by atoms with Gasteiger partial charge >= 0.3 is 0 Å². The Morgan fingerprint density at radius 2 is 2.06 bits per heavy atom. The van der Waals surface area contributed by atoms with E-state index in [9.17, 15) is 4.79 Å². The molecule has 0 aliphatic heterocycles. The number of ether oxygens (including phenoxy) is 1. The number of hydrazone groups is 1. The molecule has 0 atom stereocenters. The van der Waals surface area contributed by atoms with Gasteiger partial charge in [-0.2, -0.15) is 5.10 Å². The maximum Gasteiger partial charge on any atom is 0.243 e. The van der Waals surface area contributed by atoms with Crippen LogP contribution < -0.4 is 10.2 Å². The molecular weight excluding hydrogens is 228 g/mol. The first-order valence-corrected chi connectivity index (χ1v) is 6.25. The molecule has 1 N–H and O–H groups in total. The summed E-state index contributed by atoms with van der Waals surface area (Å²) in [5.74, 6) is 1.04. The Bertz CT molecular complexity index is 447. The molecule has 1 saturated carbocycles. The third kappa shape index (κ3) is 3.09. The lowest BCUT2D eigenvalue weighted by Crippen LogP contribution is -2.21. The first-order valence-electron chi connectivity index (χ1n) is 6.25. The highest BCUT2D eigenvalue weighted by Crippen LogP contribution is 2.28. The molecule has 0 saturated heterocycles. The Morgan fingerprint density at radius 1 is 1.39 bits per heavy atom. The summed E-state index contributed by atoms with van der Waals surface area (Å²) in [7, 11) is 1.64. The van der Waals surface area contributed by atoms with Crippen LogP contribution in [0.15, 0.2) is 29.4 Å². The van der Waals surface area contributed by atoms with Crippen LogP contribution in [-0.4, -0.2) is 18.7 Å². The molecule has 1 aliphatic rings. The predicted molar refractivity (Wildman–Crippen MR) is 70.7 cm³/mol. The molecule has 1 fully saturated rings. The third-order valence-electron chi connectivity index (χ3n) is 3.01. The van der Waals surface area contributed by atoms with E-state index in [0.717, 1.165) is 36.3 Å². The number of nitrogens with one attached hydrogen (secondary N) is 1. The van der Waals surface area contributed by atoms with Gasteiger partial charge in [-0.3, -0.25) is 4.79 Å². The number of nitrogens with zero attached hydrogens (tertiary/aromatic N) is 1. The third-order valence-corrected chi connectivity index (χ3v) is 3.01. The fourth-order valence-corrected chi connectivity index (χ4v) is 1.69. The molecule has 0 bridgehead atoms. The van der Waals surface area contributed by atoms with Gasteiger partial charge in [-0.05, 0) is 49.1 Å². The molecule has 2 rings (SSSR count). The summed E-state index contributed by atoms with van der Waals surface area (Å²) in [6.45, 7) is 2.02. The highest BCUT2D eigenvalue weighted by Gasteiger charge is 2.29. The Labute approximate surface area is 107 Å². The largest absolute Gasteiger partial charge is 0.497 e. The minimum Gasteiger partial charge on any atom is -0.497 e. The highest BCUT2D eigenvalue weighted by atomic mass is 16.5. The zero-order chi connectivity index (χ0) is 13.0. The van der Waals surface area contributed by atoms with Crippen LogP contribution in [0, 0.1) is 5.92 Å². The Balaban J connectivity index is 2.05. The predicted octanol–water partition coefficient (Wildman–Crippen LogP) is 2.34. The number of rotatable bonds is 5. The van der Waals surface area contributed by atoms with Gasteiger partial charge in [0.2, 0.25) is 5.91 Å². The first kappa shape index (κ1) is 12.6. The molecule has 1 aliphatic carbocycles. The maximum atomic E-state index is 11.5. The lowest BCUT2D eigenvalue weighted by atomic mass is 10.1. The molecule has 0 unspecified atom stereocenters. The molecule has 96 valence electrons. The van der Waals surface area contributed by atoms with Crippen molar-refractivity contribution in [1.82, 2.24) is 5.43 Å². The standard InChI is InChI=1S/C14H18N2O2/c1-3-13(15-16-14(17)11-4-5-11)10-6-8-12(18-2)9-7-10/h6-9,11H,3-5H2,1-2H3,(H,16,17). The van der Waals surface area contributed by atoms with Gasteiger partial charge in [-0.25, -0.2) is 5.43 Å². The summed E-state index contributed by atoms with van der Waals surface area (Å²) in [6, 6.07) is 7.68. The van der Waals surface area contributed by atoms with E-state index < -0.39 is 0 Å². The number of amides is 1. The average molecular weight is 246 g/mol. The molecule has 4 heteroatoms. The smallest absolute Gasteiger partial charge is 0.243 e. The van der Waals surface area contributed by atoms with Crippen molar-refractivity contribution in [3.8, 4) is 5.75 Å². The Hall–Kier alpha value is -1.84.